The lowest BCUT2D eigenvalue weighted by Crippen LogP contribution is -2.20. The van der Waals surface area contributed by atoms with Crippen LogP contribution in [0.1, 0.15) is 17.3 Å². The number of ether oxygens (including phenoxy) is 1. The molecule has 0 bridgehead atoms. The van der Waals surface area contributed by atoms with E-state index in [2.05, 4.69) is 20.8 Å². The van der Waals surface area contributed by atoms with Crippen molar-refractivity contribution in [3.8, 4) is 16.3 Å². The standard InChI is InChI=1S/C19H17ClN4O3S/c1-11(20)16(25)21-14-5-3-4-13(10-14)17(26)22-19-24-23-18(28-19)12-6-8-15(27-2)9-7-12/h3-11H,1-2H3,(H,21,25)(H,22,24,26)/t11-/m1/s1. The number of halogens is 1. The molecule has 0 saturated carbocycles. The molecule has 0 aliphatic rings. The number of nitrogens with zero attached hydrogens (tertiary/aromatic N) is 2. The molecule has 0 radical (unpaired) electrons. The van der Waals surface area contributed by atoms with Gasteiger partial charge in [0.1, 0.15) is 16.1 Å². The van der Waals surface area contributed by atoms with Crippen molar-refractivity contribution in [1.29, 1.82) is 0 Å². The molecule has 2 aromatic carbocycles. The summed E-state index contributed by atoms with van der Waals surface area (Å²) < 4.78 is 5.14. The fraction of sp³-hybridized carbons (Fsp3) is 0.158. The van der Waals surface area contributed by atoms with Gasteiger partial charge in [0.25, 0.3) is 5.91 Å². The Morgan fingerprint density at radius 1 is 1.11 bits per heavy atom. The Balaban J connectivity index is 1.69. The Labute approximate surface area is 170 Å². The monoisotopic (exact) mass is 416 g/mol. The Kier molecular flexibility index (Phi) is 6.23. The smallest absolute Gasteiger partial charge is 0.257 e. The maximum Gasteiger partial charge on any atom is 0.257 e. The predicted molar refractivity (Wildman–Crippen MR) is 110 cm³/mol. The summed E-state index contributed by atoms with van der Waals surface area (Å²) >= 11 is 7.00. The zero-order chi connectivity index (χ0) is 20.1. The van der Waals surface area contributed by atoms with Gasteiger partial charge in [0.15, 0.2) is 0 Å². The van der Waals surface area contributed by atoms with Crippen molar-refractivity contribution in [3.05, 3.63) is 54.1 Å². The van der Waals surface area contributed by atoms with Crippen molar-refractivity contribution in [1.82, 2.24) is 10.2 Å². The van der Waals surface area contributed by atoms with E-state index < -0.39 is 5.38 Å². The molecule has 9 heteroatoms. The number of aromatic nitrogens is 2. The molecule has 2 N–H and O–H groups in total. The molecule has 0 saturated heterocycles. The van der Waals surface area contributed by atoms with Gasteiger partial charge in [0, 0.05) is 16.8 Å². The van der Waals surface area contributed by atoms with Gasteiger partial charge in [0.05, 0.1) is 7.11 Å². The van der Waals surface area contributed by atoms with Crippen molar-refractivity contribution in [2.75, 3.05) is 17.7 Å². The first-order chi connectivity index (χ1) is 13.5. The minimum absolute atomic E-state index is 0.340. The number of alkyl halides is 1. The maximum atomic E-state index is 12.5. The van der Waals surface area contributed by atoms with Gasteiger partial charge in [0.2, 0.25) is 11.0 Å². The van der Waals surface area contributed by atoms with Crippen LogP contribution in [0.3, 0.4) is 0 Å². The second kappa shape index (κ2) is 8.81. The zero-order valence-electron chi connectivity index (χ0n) is 15.1. The quantitative estimate of drug-likeness (QED) is 0.591. The summed E-state index contributed by atoms with van der Waals surface area (Å²) in [5.74, 6) is 0.0530. The largest absolute Gasteiger partial charge is 0.497 e. The summed E-state index contributed by atoms with van der Waals surface area (Å²) in [6.45, 7) is 1.57. The van der Waals surface area contributed by atoms with Gasteiger partial charge < -0.3 is 10.1 Å². The highest BCUT2D eigenvalue weighted by molar-refractivity contribution is 7.18. The van der Waals surface area contributed by atoms with Gasteiger partial charge in [-0.15, -0.1) is 21.8 Å². The highest BCUT2D eigenvalue weighted by Gasteiger charge is 2.14. The van der Waals surface area contributed by atoms with Gasteiger partial charge in [-0.1, -0.05) is 17.4 Å². The molecule has 1 heterocycles. The number of nitrogens with one attached hydrogen (secondary N) is 2. The van der Waals surface area contributed by atoms with E-state index in [1.54, 1.807) is 38.3 Å². The number of carbonyl (C=O) groups excluding carboxylic acids is 2. The van der Waals surface area contributed by atoms with Crippen LogP contribution in [0.2, 0.25) is 0 Å². The molecule has 144 valence electrons. The molecule has 3 aromatic rings. The molecule has 7 nitrogen and oxygen atoms in total. The Morgan fingerprint density at radius 3 is 2.54 bits per heavy atom. The first-order valence-corrected chi connectivity index (χ1v) is 9.56. The van der Waals surface area contributed by atoms with E-state index in [0.29, 0.717) is 21.4 Å². The van der Waals surface area contributed by atoms with Gasteiger partial charge in [-0.05, 0) is 49.4 Å². The minimum Gasteiger partial charge on any atom is -0.497 e. The van der Waals surface area contributed by atoms with Crippen molar-refractivity contribution in [2.24, 2.45) is 0 Å². The summed E-state index contributed by atoms with van der Waals surface area (Å²) in [7, 11) is 1.60. The summed E-state index contributed by atoms with van der Waals surface area (Å²) in [5.41, 5.74) is 1.74. The fourth-order valence-electron chi connectivity index (χ4n) is 2.27. The predicted octanol–water partition coefficient (Wildman–Crippen LogP) is 4.03. The zero-order valence-corrected chi connectivity index (χ0v) is 16.7. The van der Waals surface area contributed by atoms with E-state index in [4.69, 9.17) is 16.3 Å². The molecule has 0 spiro atoms. The molecule has 3 rings (SSSR count). The molecule has 28 heavy (non-hydrogen) atoms. The fourth-order valence-corrected chi connectivity index (χ4v) is 3.07. The van der Waals surface area contributed by atoms with Crippen molar-refractivity contribution in [2.45, 2.75) is 12.3 Å². The van der Waals surface area contributed by atoms with Crippen molar-refractivity contribution < 1.29 is 14.3 Å². The number of anilines is 2. The van der Waals surface area contributed by atoms with Crippen LogP contribution in [0, 0.1) is 0 Å². The SMILES string of the molecule is COc1ccc(-c2nnc(NC(=O)c3cccc(NC(=O)[C@@H](C)Cl)c3)s2)cc1. The average Bonchev–Trinajstić information content (AvgIpc) is 3.16. The van der Waals surface area contributed by atoms with Gasteiger partial charge in [-0.3, -0.25) is 14.9 Å². The summed E-state index contributed by atoms with van der Waals surface area (Å²) in [6.07, 6.45) is 0. The van der Waals surface area contributed by atoms with Crippen molar-refractivity contribution >= 4 is 45.6 Å². The van der Waals surface area contributed by atoms with E-state index in [1.807, 2.05) is 24.3 Å². The first kappa shape index (κ1) is 19.8. The first-order valence-electron chi connectivity index (χ1n) is 8.30. The van der Waals surface area contributed by atoms with Gasteiger partial charge in [-0.25, -0.2) is 0 Å². The molecule has 1 atom stereocenters. The molecule has 0 aliphatic carbocycles. The number of hydrogen-bond acceptors (Lipinski definition) is 6. The lowest BCUT2D eigenvalue weighted by Gasteiger charge is -2.08. The Bertz CT molecular complexity index is 989. The highest BCUT2D eigenvalue weighted by atomic mass is 35.5. The van der Waals surface area contributed by atoms with Gasteiger partial charge in [-0.2, -0.15) is 0 Å². The van der Waals surface area contributed by atoms with E-state index >= 15 is 0 Å². The van der Waals surface area contributed by atoms with E-state index in [9.17, 15) is 9.59 Å². The number of rotatable bonds is 6. The topological polar surface area (TPSA) is 93.2 Å². The highest BCUT2D eigenvalue weighted by Crippen LogP contribution is 2.28. The molecule has 0 aliphatic heterocycles. The molecule has 1 aromatic heterocycles. The number of amides is 2. The number of methoxy groups -OCH3 is 1. The van der Waals surface area contributed by atoms with E-state index in [-0.39, 0.29) is 11.8 Å². The Morgan fingerprint density at radius 2 is 1.86 bits per heavy atom. The van der Waals surface area contributed by atoms with Crippen molar-refractivity contribution in [3.63, 3.8) is 0 Å². The lowest BCUT2D eigenvalue weighted by atomic mass is 10.2. The third-order valence-corrected chi connectivity index (χ3v) is 4.82. The minimum atomic E-state index is -0.671. The molecular formula is C19H17ClN4O3S. The van der Waals surface area contributed by atoms with Crippen LogP contribution in [0.5, 0.6) is 5.75 Å². The normalized spacial score (nSPS) is 11.5. The summed E-state index contributed by atoms with van der Waals surface area (Å²) in [6, 6.07) is 14.0. The number of benzene rings is 2. The second-order valence-electron chi connectivity index (χ2n) is 5.78. The van der Waals surface area contributed by atoms with Crippen LogP contribution in [-0.2, 0) is 4.79 Å². The summed E-state index contributed by atoms with van der Waals surface area (Å²) in [4.78, 5) is 24.2. The molecule has 2 amide bonds. The van der Waals surface area contributed by atoms with E-state index in [0.717, 1.165) is 11.3 Å². The lowest BCUT2D eigenvalue weighted by molar-refractivity contribution is -0.115. The number of carbonyl (C=O) groups is 2. The van der Waals surface area contributed by atoms with E-state index in [1.165, 1.54) is 11.3 Å². The third-order valence-electron chi connectivity index (χ3n) is 3.74. The van der Waals surface area contributed by atoms with Crippen LogP contribution in [-0.4, -0.2) is 34.5 Å². The molecule has 0 fully saturated rings. The molecular weight excluding hydrogens is 400 g/mol. The van der Waals surface area contributed by atoms with Crippen LogP contribution in [0.25, 0.3) is 10.6 Å². The Hall–Kier alpha value is -2.97. The van der Waals surface area contributed by atoms with Gasteiger partial charge >= 0.3 is 0 Å². The van der Waals surface area contributed by atoms with Crippen LogP contribution < -0.4 is 15.4 Å². The third kappa shape index (κ3) is 4.85. The maximum absolute atomic E-state index is 12.5. The number of hydrogen-bond donors (Lipinski definition) is 2. The summed E-state index contributed by atoms with van der Waals surface area (Å²) in [5, 5.41) is 13.9. The van der Waals surface area contributed by atoms with Crippen LogP contribution >= 0.6 is 22.9 Å². The van der Waals surface area contributed by atoms with Crippen LogP contribution in [0.15, 0.2) is 48.5 Å². The van der Waals surface area contributed by atoms with Crippen LogP contribution in [0.4, 0.5) is 10.8 Å². The second-order valence-corrected chi connectivity index (χ2v) is 7.41. The average molecular weight is 417 g/mol. The molecule has 0 unspecified atom stereocenters.